The number of sulfonamides is 1. The fraction of sp³-hybridized carbons (Fsp3) is 0.200. The van der Waals surface area contributed by atoms with Crippen molar-refractivity contribution in [3.05, 3.63) is 63.9 Å². The lowest BCUT2D eigenvalue weighted by molar-refractivity contribution is 0.0956. The Hall–Kier alpha value is -1.67. The van der Waals surface area contributed by atoms with Gasteiger partial charge in [0.2, 0.25) is 10.0 Å². The predicted molar refractivity (Wildman–Crippen MR) is 93.7 cm³/mol. The van der Waals surface area contributed by atoms with Gasteiger partial charge in [-0.3, -0.25) is 9.78 Å². The average molecular weight is 388 g/mol. The summed E-state index contributed by atoms with van der Waals surface area (Å²) in [4.78, 5) is 15.8. The van der Waals surface area contributed by atoms with Crippen molar-refractivity contribution >= 4 is 39.1 Å². The molecule has 0 saturated heterocycles. The van der Waals surface area contributed by atoms with Crippen LogP contribution in [0, 0.1) is 0 Å². The van der Waals surface area contributed by atoms with Crippen LogP contribution >= 0.6 is 23.2 Å². The van der Waals surface area contributed by atoms with Gasteiger partial charge in [0.05, 0.1) is 15.8 Å². The molecule has 0 spiro atoms. The molecular formula is C15H15Cl2N3O3S. The first-order valence-corrected chi connectivity index (χ1v) is 9.38. The SMILES string of the molecule is O=C(NCCS(=O)(=O)NCc1cccnc1)c1ccc(Cl)c(Cl)c1. The molecule has 1 amide bonds. The minimum Gasteiger partial charge on any atom is -0.351 e. The molecule has 9 heteroatoms. The molecule has 2 rings (SSSR count). The van der Waals surface area contributed by atoms with Gasteiger partial charge in [-0.1, -0.05) is 29.3 Å². The van der Waals surface area contributed by atoms with E-state index in [0.717, 1.165) is 5.56 Å². The third kappa shape index (κ3) is 5.76. The fourth-order valence-corrected chi connectivity index (χ4v) is 3.01. The molecule has 0 aliphatic carbocycles. The third-order valence-corrected chi connectivity index (χ3v) is 5.12. The zero-order valence-corrected chi connectivity index (χ0v) is 14.8. The lowest BCUT2D eigenvalue weighted by Gasteiger charge is -2.08. The molecule has 0 unspecified atom stereocenters. The van der Waals surface area contributed by atoms with E-state index in [0.29, 0.717) is 10.6 Å². The number of rotatable bonds is 7. The van der Waals surface area contributed by atoms with Crippen molar-refractivity contribution in [1.29, 1.82) is 0 Å². The van der Waals surface area contributed by atoms with E-state index >= 15 is 0 Å². The standard InChI is InChI=1S/C15H15Cl2N3O3S/c16-13-4-3-12(8-14(13)17)15(21)19-6-7-24(22,23)20-10-11-2-1-5-18-9-11/h1-5,8-9,20H,6-7,10H2,(H,19,21). The van der Waals surface area contributed by atoms with Gasteiger partial charge in [0.25, 0.3) is 5.91 Å². The van der Waals surface area contributed by atoms with E-state index in [4.69, 9.17) is 23.2 Å². The second-order valence-corrected chi connectivity index (χ2v) is 7.63. The molecule has 6 nitrogen and oxygen atoms in total. The number of pyridine rings is 1. The summed E-state index contributed by atoms with van der Waals surface area (Å²) < 4.78 is 26.2. The monoisotopic (exact) mass is 387 g/mol. The number of carbonyl (C=O) groups excluding carboxylic acids is 1. The number of nitrogens with one attached hydrogen (secondary N) is 2. The maximum atomic E-state index is 11.9. The van der Waals surface area contributed by atoms with E-state index in [-0.39, 0.29) is 23.9 Å². The number of hydrogen-bond donors (Lipinski definition) is 2. The molecule has 0 radical (unpaired) electrons. The first-order valence-electron chi connectivity index (χ1n) is 6.97. The zero-order chi connectivity index (χ0) is 17.6. The van der Waals surface area contributed by atoms with Crippen LogP contribution in [0.5, 0.6) is 0 Å². The fourth-order valence-electron chi connectivity index (χ4n) is 1.81. The van der Waals surface area contributed by atoms with E-state index in [2.05, 4.69) is 15.0 Å². The number of hydrogen-bond acceptors (Lipinski definition) is 4. The maximum Gasteiger partial charge on any atom is 0.251 e. The van der Waals surface area contributed by atoms with Gasteiger partial charge in [-0.2, -0.15) is 0 Å². The molecular weight excluding hydrogens is 373 g/mol. The molecule has 1 aromatic heterocycles. The Morgan fingerprint density at radius 3 is 2.62 bits per heavy atom. The lowest BCUT2D eigenvalue weighted by Crippen LogP contribution is -2.34. The second kappa shape index (κ2) is 8.43. The minimum atomic E-state index is -3.51. The predicted octanol–water partition coefficient (Wildman–Crippen LogP) is 2.24. The summed E-state index contributed by atoms with van der Waals surface area (Å²) in [5.74, 6) is -0.656. The molecule has 0 bridgehead atoms. The van der Waals surface area contributed by atoms with Crippen LogP contribution in [-0.2, 0) is 16.6 Å². The molecule has 2 aromatic rings. The van der Waals surface area contributed by atoms with Gasteiger partial charge < -0.3 is 5.32 Å². The smallest absolute Gasteiger partial charge is 0.251 e. The van der Waals surface area contributed by atoms with Crippen molar-refractivity contribution in [3.63, 3.8) is 0 Å². The summed E-state index contributed by atoms with van der Waals surface area (Å²) in [5.41, 5.74) is 1.06. The second-order valence-electron chi connectivity index (χ2n) is 4.89. The molecule has 24 heavy (non-hydrogen) atoms. The number of aromatic nitrogens is 1. The Morgan fingerprint density at radius 2 is 1.96 bits per heavy atom. The molecule has 0 fully saturated rings. The molecule has 0 aliphatic rings. The van der Waals surface area contributed by atoms with Gasteiger partial charge in [0, 0.05) is 31.0 Å². The van der Waals surface area contributed by atoms with Crippen LogP contribution in [-0.4, -0.2) is 31.6 Å². The van der Waals surface area contributed by atoms with Crippen molar-refractivity contribution < 1.29 is 13.2 Å². The van der Waals surface area contributed by atoms with Gasteiger partial charge >= 0.3 is 0 Å². The third-order valence-electron chi connectivity index (χ3n) is 3.06. The van der Waals surface area contributed by atoms with Crippen LogP contribution in [0.1, 0.15) is 15.9 Å². The van der Waals surface area contributed by atoms with Gasteiger partial charge in [0.1, 0.15) is 0 Å². The van der Waals surface area contributed by atoms with E-state index < -0.39 is 15.9 Å². The molecule has 0 atom stereocenters. The Labute approximate surface area is 150 Å². The summed E-state index contributed by atoms with van der Waals surface area (Å²) in [7, 11) is -3.51. The number of halogens is 2. The van der Waals surface area contributed by atoms with Crippen LogP contribution in [0.3, 0.4) is 0 Å². The van der Waals surface area contributed by atoms with Crippen LogP contribution in [0.15, 0.2) is 42.7 Å². The number of nitrogens with zero attached hydrogens (tertiary/aromatic N) is 1. The zero-order valence-electron chi connectivity index (χ0n) is 12.5. The summed E-state index contributed by atoms with van der Waals surface area (Å²) in [6.07, 6.45) is 3.19. The number of carbonyl (C=O) groups is 1. The Balaban J connectivity index is 1.81. The maximum absolute atomic E-state index is 11.9. The van der Waals surface area contributed by atoms with E-state index in [1.54, 1.807) is 24.5 Å². The highest BCUT2D eigenvalue weighted by Crippen LogP contribution is 2.22. The van der Waals surface area contributed by atoms with Crippen molar-refractivity contribution in [1.82, 2.24) is 15.0 Å². The largest absolute Gasteiger partial charge is 0.351 e. The van der Waals surface area contributed by atoms with Crippen molar-refractivity contribution in [2.45, 2.75) is 6.54 Å². The summed E-state index contributed by atoms with van der Waals surface area (Å²) >= 11 is 11.6. The molecule has 1 heterocycles. The number of benzene rings is 1. The van der Waals surface area contributed by atoms with E-state index in [1.165, 1.54) is 18.2 Å². The van der Waals surface area contributed by atoms with Gasteiger partial charge in [-0.05, 0) is 29.8 Å². The van der Waals surface area contributed by atoms with Crippen LogP contribution < -0.4 is 10.0 Å². The average Bonchev–Trinajstić information content (AvgIpc) is 2.56. The Kier molecular flexibility index (Phi) is 6.56. The van der Waals surface area contributed by atoms with Crippen LogP contribution in [0.2, 0.25) is 10.0 Å². The highest BCUT2D eigenvalue weighted by atomic mass is 35.5. The van der Waals surface area contributed by atoms with Crippen LogP contribution in [0.4, 0.5) is 0 Å². The van der Waals surface area contributed by atoms with Gasteiger partial charge in [-0.25, -0.2) is 13.1 Å². The quantitative estimate of drug-likeness (QED) is 0.762. The normalized spacial score (nSPS) is 11.2. The first kappa shape index (κ1) is 18.7. The van der Waals surface area contributed by atoms with E-state index in [9.17, 15) is 13.2 Å². The highest BCUT2D eigenvalue weighted by molar-refractivity contribution is 7.89. The van der Waals surface area contributed by atoms with Gasteiger partial charge in [0.15, 0.2) is 0 Å². The molecule has 2 N–H and O–H groups in total. The lowest BCUT2D eigenvalue weighted by atomic mass is 10.2. The molecule has 0 aliphatic heterocycles. The minimum absolute atomic E-state index is 0.0263. The summed E-state index contributed by atoms with van der Waals surface area (Å²) in [5, 5.41) is 3.13. The molecule has 1 aromatic carbocycles. The Bertz CT molecular complexity index is 814. The summed E-state index contributed by atoms with van der Waals surface area (Å²) in [6.45, 7) is 0.123. The van der Waals surface area contributed by atoms with E-state index in [1.807, 2.05) is 0 Å². The Morgan fingerprint density at radius 1 is 1.17 bits per heavy atom. The summed E-state index contributed by atoms with van der Waals surface area (Å²) in [6, 6.07) is 7.93. The first-order chi connectivity index (χ1) is 11.4. The van der Waals surface area contributed by atoms with Crippen LogP contribution in [0.25, 0.3) is 0 Å². The van der Waals surface area contributed by atoms with Crippen molar-refractivity contribution in [3.8, 4) is 0 Å². The molecule has 128 valence electrons. The van der Waals surface area contributed by atoms with Gasteiger partial charge in [-0.15, -0.1) is 0 Å². The highest BCUT2D eigenvalue weighted by Gasteiger charge is 2.12. The molecule has 0 saturated carbocycles. The van der Waals surface area contributed by atoms with Crippen molar-refractivity contribution in [2.24, 2.45) is 0 Å². The topological polar surface area (TPSA) is 88.2 Å². The van der Waals surface area contributed by atoms with Crippen molar-refractivity contribution in [2.75, 3.05) is 12.3 Å². The number of amides is 1.